The smallest absolute Gasteiger partial charge is 0.126 e. The van der Waals surface area contributed by atoms with Crippen molar-refractivity contribution < 1.29 is 8.78 Å². The quantitative estimate of drug-likeness (QED) is 0.786. The number of aryl methyl sites for hydroxylation is 1. The monoisotopic (exact) mass is 220 g/mol. The Morgan fingerprint density at radius 1 is 1.19 bits per heavy atom. The molecular weight excluding hydrogens is 210 g/mol. The number of nitrogens with zero attached hydrogens (tertiary/aromatic N) is 1. The van der Waals surface area contributed by atoms with Gasteiger partial charge in [-0.05, 0) is 36.1 Å². The van der Waals surface area contributed by atoms with Gasteiger partial charge in [0.25, 0.3) is 0 Å². The van der Waals surface area contributed by atoms with Crippen LogP contribution in [-0.4, -0.2) is 10.2 Å². The van der Waals surface area contributed by atoms with Crippen LogP contribution in [-0.2, 0) is 6.42 Å². The number of hydrogen-bond donors (Lipinski definition) is 1. The number of aromatic nitrogens is 2. The molecule has 0 saturated carbocycles. The Balaban J connectivity index is 2.06. The molecule has 1 unspecified atom stereocenters. The van der Waals surface area contributed by atoms with Gasteiger partial charge < -0.3 is 0 Å². The number of H-pyrrole nitrogens is 1. The van der Waals surface area contributed by atoms with E-state index in [4.69, 9.17) is 0 Å². The molecule has 2 aromatic rings. The van der Waals surface area contributed by atoms with E-state index in [1.54, 1.807) is 6.20 Å². The Hall–Kier alpha value is -1.71. The molecule has 0 spiro atoms. The third-order valence-electron chi connectivity index (χ3n) is 3.09. The molecule has 1 aliphatic rings. The molecule has 1 heterocycles. The lowest BCUT2D eigenvalue weighted by Crippen LogP contribution is -1.99. The molecule has 0 saturated heterocycles. The molecule has 1 aliphatic carbocycles. The van der Waals surface area contributed by atoms with Gasteiger partial charge in [0.05, 0.1) is 6.20 Å². The number of halogens is 2. The van der Waals surface area contributed by atoms with Gasteiger partial charge in [0.2, 0.25) is 0 Å². The second kappa shape index (κ2) is 3.40. The molecule has 0 amide bonds. The normalized spacial score (nSPS) is 18.8. The first-order chi connectivity index (χ1) is 7.74. The van der Waals surface area contributed by atoms with E-state index in [1.807, 2.05) is 0 Å². The van der Waals surface area contributed by atoms with Gasteiger partial charge in [0.15, 0.2) is 0 Å². The highest BCUT2D eigenvalue weighted by Crippen LogP contribution is 2.36. The summed E-state index contributed by atoms with van der Waals surface area (Å²) in [4.78, 5) is 0. The van der Waals surface area contributed by atoms with Crippen LogP contribution in [0.3, 0.4) is 0 Å². The van der Waals surface area contributed by atoms with Crippen molar-refractivity contribution in [3.8, 4) is 0 Å². The SMILES string of the molecule is Fc1cc(F)cc(C2CCc3cn[nH]c32)c1. The van der Waals surface area contributed by atoms with Gasteiger partial charge in [-0.1, -0.05) is 0 Å². The molecule has 0 fully saturated rings. The molecule has 0 bridgehead atoms. The Kier molecular flexibility index (Phi) is 2.02. The van der Waals surface area contributed by atoms with E-state index in [-0.39, 0.29) is 5.92 Å². The first-order valence-corrected chi connectivity index (χ1v) is 5.22. The fourth-order valence-electron chi connectivity index (χ4n) is 2.38. The highest BCUT2D eigenvalue weighted by atomic mass is 19.1. The number of nitrogens with one attached hydrogen (secondary N) is 1. The molecule has 0 radical (unpaired) electrons. The number of benzene rings is 1. The summed E-state index contributed by atoms with van der Waals surface area (Å²) in [6.45, 7) is 0. The van der Waals surface area contributed by atoms with E-state index < -0.39 is 11.6 Å². The molecule has 16 heavy (non-hydrogen) atoms. The zero-order valence-corrected chi connectivity index (χ0v) is 8.50. The first-order valence-electron chi connectivity index (χ1n) is 5.22. The molecule has 1 atom stereocenters. The lowest BCUT2D eigenvalue weighted by molar-refractivity contribution is 0.575. The number of rotatable bonds is 1. The standard InChI is InChI=1S/C12H10F2N2/c13-9-3-8(4-10(14)5-9)11-2-1-7-6-15-16-12(7)11/h3-6,11H,1-2H2,(H,15,16). The minimum atomic E-state index is -0.525. The van der Waals surface area contributed by atoms with E-state index >= 15 is 0 Å². The maximum Gasteiger partial charge on any atom is 0.126 e. The van der Waals surface area contributed by atoms with E-state index in [0.29, 0.717) is 5.56 Å². The van der Waals surface area contributed by atoms with Crippen LogP contribution in [0.25, 0.3) is 0 Å². The molecule has 2 nitrogen and oxygen atoms in total. The van der Waals surface area contributed by atoms with Crippen molar-refractivity contribution in [1.29, 1.82) is 0 Å². The maximum atomic E-state index is 13.1. The summed E-state index contributed by atoms with van der Waals surface area (Å²) in [5.74, 6) is -1.01. The predicted molar refractivity (Wildman–Crippen MR) is 55.1 cm³/mol. The van der Waals surface area contributed by atoms with Gasteiger partial charge >= 0.3 is 0 Å². The minimum Gasteiger partial charge on any atom is -0.282 e. The summed E-state index contributed by atoms with van der Waals surface area (Å²) in [6, 6.07) is 3.68. The van der Waals surface area contributed by atoms with E-state index in [1.165, 1.54) is 12.1 Å². The Morgan fingerprint density at radius 2 is 1.94 bits per heavy atom. The van der Waals surface area contributed by atoms with Crippen LogP contribution < -0.4 is 0 Å². The average Bonchev–Trinajstić information content (AvgIpc) is 2.75. The van der Waals surface area contributed by atoms with Crippen LogP contribution in [0, 0.1) is 11.6 Å². The highest BCUT2D eigenvalue weighted by Gasteiger charge is 2.26. The summed E-state index contributed by atoms with van der Waals surface area (Å²) >= 11 is 0. The Morgan fingerprint density at radius 3 is 2.69 bits per heavy atom. The molecule has 3 rings (SSSR count). The van der Waals surface area contributed by atoms with Crippen molar-refractivity contribution >= 4 is 0 Å². The van der Waals surface area contributed by atoms with Crippen LogP contribution in [0.1, 0.15) is 29.2 Å². The number of hydrogen-bond acceptors (Lipinski definition) is 1. The fraction of sp³-hybridized carbons (Fsp3) is 0.250. The zero-order chi connectivity index (χ0) is 11.1. The van der Waals surface area contributed by atoms with Gasteiger partial charge in [0, 0.05) is 17.7 Å². The van der Waals surface area contributed by atoms with E-state index in [9.17, 15) is 8.78 Å². The van der Waals surface area contributed by atoms with Crippen molar-refractivity contribution in [2.75, 3.05) is 0 Å². The lowest BCUT2D eigenvalue weighted by Gasteiger charge is -2.10. The first kappa shape index (κ1) is 9.51. The predicted octanol–water partition coefficient (Wildman–Crippen LogP) is 2.77. The van der Waals surface area contributed by atoms with Gasteiger partial charge in [-0.3, -0.25) is 5.10 Å². The Labute approximate surface area is 91.3 Å². The molecular formula is C12H10F2N2. The third kappa shape index (κ3) is 1.41. The molecule has 1 aromatic heterocycles. The summed E-state index contributed by atoms with van der Waals surface area (Å²) in [5, 5.41) is 6.86. The number of aromatic amines is 1. The maximum absolute atomic E-state index is 13.1. The van der Waals surface area contributed by atoms with Crippen molar-refractivity contribution in [3.63, 3.8) is 0 Å². The van der Waals surface area contributed by atoms with Crippen LogP contribution >= 0.6 is 0 Å². The number of fused-ring (bicyclic) bond motifs is 1. The summed E-state index contributed by atoms with van der Waals surface area (Å²) in [6.07, 6.45) is 3.58. The molecule has 4 heteroatoms. The van der Waals surface area contributed by atoms with Crippen molar-refractivity contribution in [1.82, 2.24) is 10.2 Å². The van der Waals surface area contributed by atoms with Gasteiger partial charge in [-0.2, -0.15) is 5.10 Å². The summed E-state index contributed by atoms with van der Waals surface area (Å²) in [5.41, 5.74) is 2.82. The van der Waals surface area contributed by atoms with Crippen molar-refractivity contribution in [2.24, 2.45) is 0 Å². The highest BCUT2D eigenvalue weighted by molar-refractivity contribution is 5.37. The molecule has 1 aromatic carbocycles. The van der Waals surface area contributed by atoms with Crippen LogP contribution in [0.4, 0.5) is 8.78 Å². The second-order valence-corrected chi connectivity index (χ2v) is 4.10. The van der Waals surface area contributed by atoms with Crippen molar-refractivity contribution in [2.45, 2.75) is 18.8 Å². The van der Waals surface area contributed by atoms with Gasteiger partial charge in [-0.25, -0.2) is 8.78 Å². The van der Waals surface area contributed by atoms with Crippen LogP contribution in [0.2, 0.25) is 0 Å². The largest absolute Gasteiger partial charge is 0.282 e. The van der Waals surface area contributed by atoms with E-state index in [0.717, 1.165) is 30.2 Å². The minimum absolute atomic E-state index is 0.0442. The summed E-state index contributed by atoms with van der Waals surface area (Å²) < 4.78 is 26.2. The summed E-state index contributed by atoms with van der Waals surface area (Å²) in [7, 11) is 0. The average molecular weight is 220 g/mol. The zero-order valence-electron chi connectivity index (χ0n) is 8.50. The Bertz CT molecular complexity index is 513. The second-order valence-electron chi connectivity index (χ2n) is 4.10. The van der Waals surface area contributed by atoms with Gasteiger partial charge in [0.1, 0.15) is 11.6 Å². The fourth-order valence-corrected chi connectivity index (χ4v) is 2.38. The van der Waals surface area contributed by atoms with E-state index in [2.05, 4.69) is 10.2 Å². The topological polar surface area (TPSA) is 28.7 Å². The van der Waals surface area contributed by atoms with Crippen LogP contribution in [0.15, 0.2) is 24.4 Å². The molecule has 1 N–H and O–H groups in total. The molecule has 0 aliphatic heterocycles. The lowest BCUT2D eigenvalue weighted by atomic mass is 9.97. The third-order valence-corrected chi connectivity index (χ3v) is 3.09. The van der Waals surface area contributed by atoms with Crippen LogP contribution in [0.5, 0.6) is 0 Å². The molecule has 82 valence electrons. The van der Waals surface area contributed by atoms with Crippen molar-refractivity contribution in [3.05, 3.63) is 52.9 Å². The van der Waals surface area contributed by atoms with Gasteiger partial charge in [-0.15, -0.1) is 0 Å².